The van der Waals surface area contributed by atoms with Gasteiger partial charge in [-0.3, -0.25) is 4.79 Å². The first kappa shape index (κ1) is 21.4. The zero-order valence-electron chi connectivity index (χ0n) is 17.2. The molecule has 1 aromatic carbocycles. The molecule has 0 unspecified atom stereocenters. The second-order valence-corrected chi connectivity index (χ2v) is 6.52. The van der Waals surface area contributed by atoms with Crippen LogP contribution in [0.4, 0.5) is 5.95 Å². The Hall–Kier alpha value is -3.36. The van der Waals surface area contributed by atoms with Gasteiger partial charge in [-0.2, -0.15) is 0 Å². The zero-order chi connectivity index (χ0) is 21.3. The third-order valence-electron chi connectivity index (χ3n) is 4.57. The smallest absolute Gasteiger partial charge is 0.338 e. The Morgan fingerprint density at radius 1 is 0.967 bits per heavy atom. The Kier molecular flexibility index (Phi) is 7.42. The Bertz CT molecular complexity index is 854. The molecule has 9 nitrogen and oxygen atoms in total. The SMILES string of the molecule is CCOc1ccc(C(=O)OCC(=O)N2CCN(c3ncccn3)CC2)cc1OCC. The highest BCUT2D eigenvalue weighted by Crippen LogP contribution is 2.28. The number of ether oxygens (including phenoxy) is 3. The molecule has 1 saturated heterocycles. The van der Waals surface area contributed by atoms with Crippen molar-refractivity contribution in [1.29, 1.82) is 0 Å². The first-order chi connectivity index (χ1) is 14.6. The molecule has 1 amide bonds. The summed E-state index contributed by atoms with van der Waals surface area (Å²) in [5, 5.41) is 0. The first-order valence-corrected chi connectivity index (χ1v) is 9.98. The molecule has 1 aromatic heterocycles. The molecule has 2 aromatic rings. The average molecular weight is 414 g/mol. The Morgan fingerprint density at radius 2 is 1.63 bits per heavy atom. The molecular formula is C21H26N4O5. The number of benzene rings is 1. The van der Waals surface area contributed by atoms with Gasteiger partial charge in [-0.25, -0.2) is 14.8 Å². The maximum atomic E-state index is 12.4. The molecule has 0 radical (unpaired) electrons. The number of aromatic nitrogens is 2. The summed E-state index contributed by atoms with van der Waals surface area (Å²) in [6.45, 7) is 6.63. The topological polar surface area (TPSA) is 94.1 Å². The van der Waals surface area contributed by atoms with Crippen LogP contribution in [0.3, 0.4) is 0 Å². The molecule has 1 aliphatic heterocycles. The minimum absolute atomic E-state index is 0.229. The van der Waals surface area contributed by atoms with Crippen molar-refractivity contribution < 1.29 is 23.8 Å². The van der Waals surface area contributed by atoms with Crippen LogP contribution >= 0.6 is 0 Å². The predicted molar refractivity (Wildman–Crippen MR) is 110 cm³/mol. The lowest BCUT2D eigenvalue weighted by atomic mass is 10.2. The van der Waals surface area contributed by atoms with Crippen LogP contribution < -0.4 is 14.4 Å². The van der Waals surface area contributed by atoms with Gasteiger partial charge in [-0.15, -0.1) is 0 Å². The van der Waals surface area contributed by atoms with Crippen molar-refractivity contribution in [3.8, 4) is 11.5 Å². The molecule has 0 spiro atoms. The van der Waals surface area contributed by atoms with Gasteiger partial charge in [0.15, 0.2) is 18.1 Å². The monoisotopic (exact) mass is 414 g/mol. The minimum Gasteiger partial charge on any atom is -0.490 e. The van der Waals surface area contributed by atoms with E-state index in [1.54, 1.807) is 41.6 Å². The summed E-state index contributed by atoms with van der Waals surface area (Å²) < 4.78 is 16.2. The lowest BCUT2D eigenvalue weighted by Crippen LogP contribution is -2.50. The van der Waals surface area contributed by atoms with Crippen LogP contribution in [0.5, 0.6) is 11.5 Å². The van der Waals surface area contributed by atoms with E-state index in [1.165, 1.54) is 0 Å². The quantitative estimate of drug-likeness (QED) is 0.604. The second-order valence-electron chi connectivity index (χ2n) is 6.52. The Morgan fingerprint density at radius 3 is 2.30 bits per heavy atom. The van der Waals surface area contributed by atoms with Gasteiger partial charge in [0.05, 0.1) is 18.8 Å². The van der Waals surface area contributed by atoms with E-state index >= 15 is 0 Å². The second kappa shape index (κ2) is 10.4. The highest BCUT2D eigenvalue weighted by atomic mass is 16.5. The number of rotatable bonds is 8. The number of piperazine rings is 1. The summed E-state index contributed by atoms with van der Waals surface area (Å²) in [6.07, 6.45) is 3.38. The summed E-state index contributed by atoms with van der Waals surface area (Å²) in [6, 6.07) is 6.59. The van der Waals surface area contributed by atoms with Gasteiger partial charge in [0.25, 0.3) is 5.91 Å². The van der Waals surface area contributed by atoms with E-state index in [-0.39, 0.29) is 12.5 Å². The van der Waals surface area contributed by atoms with Gasteiger partial charge in [-0.05, 0) is 38.1 Å². The number of hydrogen-bond donors (Lipinski definition) is 0. The van der Waals surface area contributed by atoms with Crippen LogP contribution in [-0.4, -0.2) is 72.7 Å². The third kappa shape index (κ3) is 5.37. The predicted octanol–water partition coefficient (Wildman–Crippen LogP) is 1.78. The maximum absolute atomic E-state index is 12.4. The van der Waals surface area contributed by atoms with Crippen LogP contribution in [0.1, 0.15) is 24.2 Å². The van der Waals surface area contributed by atoms with Crippen molar-refractivity contribution >= 4 is 17.8 Å². The standard InChI is InChI=1S/C21H26N4O5/c1-3-28-17-7-6-16(14-18(17)29-4-2)20(27)30-15-19(26)24-10-12-25(13-11-24)21-22-8-5-9-23-21/h5-9,14H,3-4,10-13,15H2,1-2H3. The summed E-state index contributed by atoms with van der Waals surface area (Å²) in [4.78, 5) is 37.0. The van der Waals surface area contributed by atoms with E-state index < -0.39 is 5.97 Å². The molecule has 9 heteroatoms. The number of hydrogen-bond acceptors (Lipinski definition) is 8. The van der Waals surface area contributed by atoms with Gasteiger partial charge in [0.2, 0.25) is 5.95 Å². The van der Waals surface area contributed by atoms with Crippen LogP contribution in [0.2, 0.25) is 0 Å². The number of anilines is 1. The van der Waals surface area contributed by atoms with Gasteiger partial charge >= 0.3 is 5.97 Å². The minimum atomic E-state index is -0.580. The van der Waals surface area contributed by atoms with Gasteiger partial charge < -0.3 is 24.0 Å². The van der Waals surface area contributed by atoms with Crippen molar-refractivity contribution in [2.75, 3.05) is 50.9 Å². The molecule has 0 atom stereocenters. The molecular weight excluding hydrogens is 388 g/mol. The van der Waals surface area contributed by atoms with Crippen LogP contribution in [0.15, 0.2) is 36.7 Å². The molecule has 3 rings (SSSR count). The average Bonchev–Trinajstić information content (AvgIpc) is 2.79. The number of amides is 1. The fourth-order valence-electron chi connectivity index (χ4n) is 3.09. The number of esters is 1. The number of carbonyl (C=O) groups is 2. The molecule has 0 aliphatic carbocycles. The summed E-state index contributed by atoms with van der Waals surface area (Å²) in [7, 11) is 0. The Balaban J connectivity index is 1.51. The van der Waals surface area contributed by atoms with Crippen molar-refractivity contribution in [2.24, 2.45) is 0 Å². The summed E-state index contributed by atoms with van der Waals surface area (Å²) in [5.74, 6) is 0.875. The van der Waals surface area contributed by atoms with E-state index in [2.05, 4.69) is 9.97 Å². The van der Waals surface area contributed by atoms with Gasteiger partial charge in [0.1, 0.15) is 0 Å². The molecule has 30 heavy (non-hydrogen) atoms. The fraction of sp³-hybridized carbons (Fsp3) is 0.429. The van der Waals surface area contributed by atoms with Gasteiger partial charge in [0, 0.05) is 38.6 Å². The van der Waals surface area contributed by atoms with Crippen molar-refractivity contribution in [2.45, 2.75) is 13.8 Å². The lowest BCUT2D eigenvalue weighted by Gasteiger charge is -2.34. The highest BCUT2D eigenvalue weighted by Gasteiger charge is 2.23. The molecule has 160 valence electrons. The fourth-order valence-corrected chi connectivity index (χ4v) is 3.09. The Labute approximate surface area is 175 Å². The molecule has 1 aliphatic rings. The molecule has 1 fully saturated rings. The van der Waals surface area contributed by atoms with E-state index in [1.807, 2.05) is 18.7 Å². The summed E-state index contributed by atoms with van der Waals surface area (Å²) >= 11 is 0. The molecule has 0 saturated carbocycles. The molecule has 0 bridgehead atoms. The van der Waals surface area contributed by atoms with E-state index in [0.717, 1.165) is 0 Å². The third-order valence-corrected chi connectivity index (χ3v) is 4.57. The highest BCUT2D eigenvalue weighted by molar-refractivity contribution is 5.92. The van der Waals surface area contributed by atoms with Crippen molar-refractivity contribution in [3.05, 3.63) is 42.2 Å². The lowest BCUT2D eigenvalue weighted by molar-refractivity contribution is -0.134. The van der Waals surface area contributed by atoms with Crippen LogP contribution in [0.25, 0.3) is 0 Å². The van der Waals surface area contributed by atoms with Crippen LogP contribution in [0, 0.1) is 0 Å². The normalized spacial score (nSPS) is 13.7. The van der Waals surface area contributed by atoms with Crippen molar-refractivity contribution in [1.82, 2.24) is 14.9 Å². The van der Waals surface area contributed by atoms with E-state index in [0.29, 0.717) is 62.4 Å². The number of nitrogens with zero attached hydrogens (tertiary/aromatic N) is 4. The van der Waals surface area contributed by atoms with Crippen molar-refractivity contribution in [3.63, 3.8) is 0 Å². The van der Waals surface area contributed by atoms with E-state index in [4.69, 9.17) is 14.2 Å². The molecule has 0 N–H and O–H groups in total. The van der Waals surface area contributed by atoms with Crippen LogP contribution in [-0.2, 0) is 9.53 Å². The largest absolute Gasteiger partial charge is 0.490 e. The zero-order valence-corrected chi connectivity index (χ0v) is 17.2. The summed E-state index contributed by atoms with van der Waals surface area (Å²) in [5.41, 5.74) is 0.306. The number of carbonyl (C=O) groups excluding carboxylic acids is 2. The van der Waals surface area contributed by atoms with Gasteiger partial charge in [-0.1, -0.05) is 0 Å². The maximum Gasteiger partial charge on any atom is 0.338 e. The molecule has 2 heterocycles. The first-order valence-electron chi connectivity index (χ1n) is 9.98. The van der Waals surface area contributed by atoms with E-state index in [9.17, 15) is 9.59 Å².